The van der Waals surface area contributed by atoms with E-state index in [9.17, 15) is 0 Å². The van der Waals surface area contributed by atoms with Gasteiger partial charge in [-0.1, -0.05) is 32.0 Å². The SMILES string of the molecule is CCCNC(C)c1ccccc1N1CCCC(C)CC1. The van der Waals surface area contributed by atoms with Crippen molar-refractivity contribution in [2.75, 3.05) is 24.5 Å². The summed E-state index contributed by atoms with van der Waals surface area (Å²) in [5, 5.41) is 3.63. The highest BCUT2D eigenvalue weighted by Gasteiger charge is 2.18. The molecule has 112 valence electrons. The van der Waals surface area contributed by atoms with E-state index in [-0.39, 0.29) is 0 Å². The average molecular weight is 274 g/mol. The smallest absolute Gasteiger partial charge is 0.0414 e. The first-order valence-corrected chi connectivity index (χ1v) is 8.29. The van der Waals surface area contributed by atoms with Crippen molar-refractivity contribution in [2.24, 2.45) is 5.92 Å². The molecule has 2 heteroatoms. The molecule has 0 spiro atoms. The van der Waals surface area contributed by atoms with Gasteiger partial charge in [-0.2, -0.15) is 0 Å². The number of hydrogen-bond acceptors (Lipinski definition) is 2. The van der Waals surface area contributed by atoms with Gasteiger partial charge < -0.3 is 10.2 Å². The minimum atomic E-state index is 0.437. The predicted octanol–water partition coefficient (Wildman–Crippen LogP) is 4.37. The highest BCUT2D eigenvalue weighted by molar-refractivity contribution is 5.55. The van der Waals surface area contributed by atoms with Gasteiger partial charge in [0.1, 0.15) is 0 Å². The lowest BCUT2D eigenvalue weighted by Gasteiger charge is -2.28. The predicted molar refractivity (Wildman–Crippen MR) is 88.4 cm³/mol. The topological polar surface area (TPSA) is 15.3 Å². The standard InChI is InChI=1S/C18H30N2/c1-4-12-19-16(3)17-9-5-6-10-18(17)20-13-7-8-15(2)11-14-20/h5-6,9-10,15-16,19H,4,7-8,11-14H2,1-3H3. The van der Waals surface area contributed by atoms with Gasteiger partial charge in [0.15, 0.2) is 0 Å². The van der Waals surface area contributed by atoms with Crippen LogP contribution < -0.4 is 10.2 Å². The van der Waals surface area contributed by atoms with Gasteiger partial charge in [-0.15, -0.1) is 0 Å². The van der Waals surface area contributed by atoms with Crippen molar-refractivity contribution in [1.82, 2.24) is 5.32 Å². The summed E-state index contributed by atoms with van der Waals surface area (Å²) in [6.45, 7) is 10.4. The van der Waals surface area contributed by atoms with E-state index in [1.165, 1.54) is 50.0 Å². The molecule has 0 aromatic heterocycles. The fourth-order valence-electron chi connectivity index (χ4n) is 3.12. The molecule has 1 aliphatic rings. The molecule has 0 bridgehead atoms. The molecule has 1 aromatic rings. The van der Waals surface area contributed by atoms with Gasteiger partial charge >= 0.3 is 0 Å². The van der Waals surface area contributed by atoms with E-state index in [0.29, 0.717) is 6.04 Å². The molecule has 1 heterocycles. The molecule has 2 nitrogen and oxygen atoms in total. The van der Waals surface area contributed by atoms with Crippen LogP contribution in [-0.4, -0.2) is 19.6 Å². The average Bonchev–Trinajstić information content (AvgIpc) is 2.69. The van der Waals surface area contributed by atoms with E-state index < -0.39 is 0 Å². The first-order valence-electron chi connectivity index (χ1n) is 8.29. The van der Waals surface area contributed by atoms with Gasteiger partial charge in [-0.3, -0.25) is 0 Å². The van der Waals surface area contributed by atoms with Crippen molar-refractivity contribution in [2.45, 2.75) is 52.5 Å². The molecule has 1 fully saturated rings. The second-order valence-electron chi connectivity index (χ2n) is 6.26. The molecule has 1 saturated heterocycles. The van der Waals surface area contributed by atoms with E-state index in [4.69, 9.17) is 0 Å². The van der Waals surface area contributed by atoms with Crippen LogP contribution in [0.25, 0.3) is 0 Å². The molecule has 0 radical (unpaired) electrons. The number of nitrogens with one attached hydrogen (secondary N) is 1. The monoisotopic (exact) mass is 274 g/mol. The van der Waals surface area contributed by atoms with Gasteiger partial charge in [0.25, 0.3) is 0 Å². The molecule has 20 heavy (non-hydrogen) atoms. The Kier molecular flexibility index (Phi) is 5.90. The van der Waals surface area contributed by atoms with Crippen LogP contribution in [0.3, 0.4) is 0 Å². The van der Waals surface area contributed by atoms with Crippen molar-refractivity contribution in [3.63, 3.8) is 0 Å². The third-order valence-corrected chi connectivity index (χ3v) is 4.46. The Morgan fingerprint density at radius 3 is 2.85 bits per heavy atom. The summed E-state index contributed by atoms with van der Waals surface area (Å²) in [4.78, 5) is 2.60. The third kappa shape index (κ3) is 3.99. The van der Waals surface area contributed by atoms with Crippen molar-refractivity contribution in [1.29, 1.82) is 0 Å². The van der Waals surface area contributed by atoms with Crippen molar-refractivity contribution in [3.05, 3.63) is 29.8 Å². The summed E-state index contributed by atoms with van der Waals surface area (Å²) in [6.07, 6.45) is 5.22. The second kappa shape index (κ2) is 7.68. The zero-order valence-electron chi connectivity index (χ0n) is 13.4. The number of nitrogens with zero attached hydrogens (tertiary/aromatic N) is 1. The van der Waals surface area contributed by atoms with Gasteiger partial charge in [-0.05, 0) is 56.7 Å². The Morgan fingerprint density at radius 2 is 2.05 bits per heavy atom. The van der Waals surface area contributed by atoms with E-state index in [1.807, 2.05) is 0 Å². The Balaban J connectivity index is 2.14. The number of hydrogen-bond donors (Lipinski definition) is 1. The normalized spacial score (nSPS) is 21.6. The number of benzene rings is 1. The molecular formula is C18H30N2. The lowest BCUT2D eigenvalue weighted by atomic mass is 10.0. The largest absolute Gasteiger partial charge is 0.371 e. The molecule has 2 rings (SSSR count). The quantitative estimate of drug-likeness (QED) is 0.857. The number of anilines is 1. The molecule has 1 aliphatic heterocycles. The summed E-state index contributed by atoms with van der Waals surface area (Å²) in [5.41, 5.74) is 2.90. The zero-order chi connectivity index (χ0) is 14.4. The number of para-hydroxylation sites is 1. The second-order valence-corrected chi connectivity index (χ2v) is 6.26. The Hall–Kier alpha value is -1.02. The molecular weight excluding hydrogens is 244 g/mol. The molecule has 0 aliphatic carbocycles. The molecule has 1 N–H and O–H groups in total. The highest BCUT2D eigenvalue weighted by Crippen LogP contribution is 2.29. The van der Waals surface area contributed by atoms with Gasteiger partial charge in [-0.25, -0.2) is 0 Å². The first kappa shape index (κ1) is 15.4. The van der Waals surface area contributed by atoms with Crippen LogP contribution in [0.1, 0.15) is 58.1 Å². The maximum atomic E-state index is 3.63. The van der Waals surface area contributed by atoms with Crippen LogP contribution in [0.2, 0.25) is 0 Å². The van der Waals surface area contributed by atoms with Crippen LogP contribution in [0.5, 0.6) is 0 Å². The number of rotatable bonds is 5. The van der Waals surface area contributed by atoms with Crippen molar-refractivity contribution < 1.29 is 0 Å². The molecule has 2 atom stereocenters. The minimum Gasteiger partial charge on any atom is -0.371 e. The van der Waals surface area contributed by atoms with Gasteiger partial charge in [0.05, 0.1) is 0 Å². The van der Waals surface area contributed by atoms with E-state index in [0.717, 1.165) is 12.5 Å². The fourth-order valence-corrected chi connectivity index (χ4v) is 3.12. The maximum absolute atomic E-state index is 3.63. The summed E-state index contributed by atoms with van der Waals surface area (Å²) in [5.74, 6) is 0.878. The lowest BCUT2D eigenvalue weighted by molar-refractivity contribution is 0.521. The Labute approximate surface area is 124 Å². The lowest BCUT2D eigenvalue weighted by Crippen LogP contribution is -2.28. The Bertz CT molecular complexity index is 402. The van der Waals surface area contributed by atoms with Crippen molar-refractivity contribution >= 4 is 5.69 Å². The Morgan fingerprint density at radius 1 is 1.25 bits per heavy atom. The zero-order valence-corrected chi connectivity index (χ0v) is 13.4. The van der Waals surface area contributed by atoms with E-state index >= 15 is 0 Å². The molecule has 0 saturated carbocycles. The third-order valence-electron chi connectivity index (χ3n) is 4.46. The minimum absolute atomic E-state index is 0.437. The van der Waals surface area contributed by atoms with Crippen LogP contribution >= 0.6 is 0 Å². The summed E-state index contributed by atoms with van der Waals surface area (Å²) in [6, 6.07) is 9.38. The van der Waals surface area contributed by atoms with Crippen molar-refractivity contribution in [3.8, 4) is 0 Å². The maximum Gasteiger partial charge on any atom is 0.0414 e. The summed E-state index contributed by atoms with van der Waals surface area (Å²) >= 11 is 0. The van der Waals surface area contributed by atoms with Crippen LogP contribution in [0.4, 0.5) is 5.69 Å². The van der Waals surface area contributed by atoms with Gasteiger partial charge in [0, 0.05) is 24.8 Å². The van der Waals surface area contributed by atoms with E-state index in [2.05, 4.69) is 55.3 Å². The fraction of sp³-hybridized carbons (Fsp3) is 0.667. The van der Waals surface area contributed by atoms with Crippen LogP contribution in [0.15, 0.2) is 24.3 Å². The molecule has 2 unspecified atom stereocenters. The summed E-state index contributed by atoms with van der Waals surface area (Å²) in [7, 11) is 0. The molecule has 0 amide bonds. The van der Waals surface area contributed by atoms with Crippen LogP contribution in [-0.2, 0) is 0 Å². The van der Waals surface area contributed by atoms with Gasteiger partial charge in [0.2, 0.25) is 0 Å². The first-order chi connectivity index (χ1) is 9.72. The molecule has 1 aromatic carbocycles. The van der Waals surface area contributed by atoms with E-state index in [1.54, 1.807) is 0 Å². The van der Waals surface area contributed by atoms with Crippen LogP contribution in [0, 0.1) is 5.92 Å². The summed E-state index contributed by atoms with van der Waals surface area (Å²) < 4.78 is 0. The highest BCUT2D eigenvalue weighted by atomic mass is 15.1.